The van der Waals surface area contributed by atoms with E-state index in [0.29, 0.717) is 39.6 Å². The van der Waals surface area contributed by atoms with Crippen molar-refractivity contribution in [3.63, 3.8) is 0 Å². The first-order valence-corrected chi connectivity index (χ1v) is 10.2. The summed E-state index contributed by atoms with van der Waals surface area (Å²) in [6, 6.07) is 12.3. The summed E-state index contributed by atoms with van der Waals surface area (Å²) in [4.78, 5) is 37.2. The van der Waals surface area contributed by atoms with Gasteiger partial charge in [0.2, 0.25) is 11.9 Å². The Hall–Kier alpha value is -3.98. The molecule has 0 unspecified atom stereocenters. The van der Waals surface area contributed by atoms with Gasteiger partial charge in [-0.3, -0.25) is 9.36 Å². The smallest absolute Gasteiger partial charge is 0.354 e. The van der Waals surface area contributed by atoms with Crippen molar-refractivity contribution in [2.24, 2.45) is 0 Å². The highest BCUT2D eigenvalue weighted by Crippen LogP contribution is 2.26. The van der Waals surface area contributed by atoms with Crippen molar-refractivity contribution in [1.82, 2.24) is 19.5 Å². The van der Waals surface area contributed by atoms with Gasteiger partial charge in [0, 0.05) is 29.7 Å². The summed E-state index contributed by atoms with van der Waals surface area (Å²) in [6.07, 6.45) is 2.37. The summed E-state index contributed by atoms with van der Waals surface area (Å²) >= 11 is 6.38. The number of nitrogens with one attached hydrogen (secondary N) is 1. The Morgan fingerprint density at radius 1 is 1.12 bits per heavy atom. The first-order chi connectivity index (χ1) is 15.3. The number of aryl methyl sites for hydroxylation is 2. The molecule has 0 atom stereocenters. The van der Waals surface area contributed by atoms with Crippen molar-refractivity contribution in [1.29, 1.82) is 0 Å². The molecule has 0 aliphatic rings. The average molecular weight is 450 g/mol. The van der Waals surface area contributed by atoms with E-state index in [9.17, 15) is 9.59 Å². The van der Waals surface area contributed by atoms with Crippen LogP contribution in [0.3, 0.4) is 0 Å². The molecule has 10 heteroatoms. The van der Waals surface area contributed by atoms with E-state index in [-0.39, 0.29) is 23.9 Å². The summed E-state index contributed by atoms with van der Waals surface area (Å²) in [6.45, 7) is 1.74. The highest BCUT2D eigenvalue weighted by atomic mass is 35.5. The highest BCUT2D eigenvalue weighted by Gasteiger charge is 2.15. The number of nitrogens with two attached hydrogens (primary N) is 2. The van der Waals surface area contributed by atoms with E-state index in [1.54, 1.807) is 37.3 Å². The minimum absolute atomic E-state index is 0.0308. The standard InChI is InChI=1S/C22H20ClN7O2/c1-12-16-11-26-21(25)28-20(16)29-22(32)30(12)18-10-15(7-8-17(18)23)27-19(31)9-4-13-2-5-14(24)6-3-13/h2-3,5-8,10-11H,4,9,24H2,1H3,(H,27,31)(H2,25,28,29,32). The fourth-order valence-electron chi connectivity index (χ4n) is 3.34. The number of aromatic nitrogens is 4. The highest BCUT2D eigenvalue weighted by molar-refractivity contribution is 6.32. The van der Waals surface area contributed by atoms with Gasteiger partial charge in [-0.2, -0.15) is 9.97 Å². The molecule has 9 nitrogen and oxygen atoms in total. The predicted molar refractivity (Wildman–Crippen MR) is 125 cm³/mol. The third-order valence-corrected chi connectivity index (χ3v) is 5.32. The van der Waals surface area contributed by atoms with E-state index in [1.807, 2.05) is 12.1 Å². The molecule has 1 amide bonds. The Kier molecular flexibility index (Phi) is 5.74. The van der Waals surface area contributed by atoms with E-state index in [4.69, 9.17) is 23.1 Å². The molecule has 4 rings (SSSR count). The van der Waals surface area contributed by atoms with Crippen LogP contribution in [-0.4, -0.2) is 25.4 Å². The maximum atomic E-state index is 12.7. The number of halogens is 1. The molecular formula is C22H20ClN7O2. The third kappa shape index (κ3) is 4.37. The van der Waals surface area contributed by atoms with Crippen LogP contribution in [-0.2, 0) is 11.2 Å². The number of nitrogens with zero attached hydrogens (tertiary/aromatic N) is 4. The number of anilines is 3. The van der Waals surface area contributed by atoms with Gasteiger partial charge in [-0.05, 0) is 49.2 Å². The second-order valence-corrected chi connectivity index (χ2v) is 7.64. The molecule has 0 saturated heterocycles. The number of carbonyl (C=O) groups excluding carboxylic acids is 1. The van der Waals surface area contributed by atoms with Gasteiger partial charge >= 0.3 is 5.69 Å². The van der Waals surface area contributed by atoms with Gasteiger partial charge in [0.25, 0.3) is 0 Å². The van der Waals surface area contributed by atoms with E-state index < -0.39 is 5.69 Å². The summed E-state index contributed by atoms with van der Waals surface area (Å²) in [5.74, 6) is -0.136. The van der Waals surface area contributed by atoms with Crippen LogP contribution in [0, 0.1) is 6.92 Å². The zero-order valence-electron chi connectivity index (χ0n) is 17.2. The maximum Gasteiger partial charge on any atom is 0.354 e. The molecule has 2 aromatic carbocycles. The molecule has 0 bridgehead atoms. The lowest BCUT2D eigenvalue weighted by Gasteiger charge is -2.14. The van der Waals surface area contributed by atoms with Crippen LogP contribution in [0.2, 0.25) is 5.02 Å². The van der Waals surface area contributed by atoms with Crippen molar-refractivity contribution in [3.8, 4) is 5.69 Å². The number of hydrogen-bond acceptors (Lipinski definition) is 7. The molecule has 162 valence electrons. The largest absolute Gasteiger partial charge is 0.399 e. The first-order valence-electron chi connectivity index (χ1n) is 9.78. The lowest BCUT2D eigenvalue weighted by Crippen LogP contribution is -2.25. The maximum absolute atomic E-state index is 12.7. The van der Waals surface area contributed by atoms with Crippen LogP contribution >= 0.6 is 11.6 Å². The van der Waals surface area contributed by atoms with Gasteiger partial charge in [0.05, 0.1) is 16.1 Å². The van der Waals surface area contributed by atoms with Crippen molar-refractivity contribution < 1.29 is 4.79 Å². The molecule has 0 spiro atoms. The lowest BCUT2D eigenvalue weighted by atomic mass is 10.1. The van der Waals surface area contributed by atoms with Gasteiger partial charge in [-0.25, -0.2) is 9.78 Å². The number of amides is 1. The Morgan fingerprint density at radius 3 is 2.62 bits per heavy atom. The molecule has 0 radical (unpaired) electrons. The van der Waals surface area contributed by atoms with E-state index in [0.717, 1.165) is 5.56 Å². The topological polar surface area (TPSA) is 142 Å². The molecule has 0 fully saturated rings. The molecule has 2 aromatic heterocycles. The minimum Gasteiger partial charge on any atom is -0.399 e. The van der Waals surface area contributed by atoms with Gasteiger partial charge in [-0.15, -0.1) is 0 Å². The summed E-state index contributed by atoms with van der Waals surface area (Å²) in [5, 5.41) is 3.73. The summed E-state index contributed by atoms with van der Waals surface area (Å²) in [7, 11) is 0. The molecule has 4 aromatic rings. The zero-order chi connectivity index (χ0) is 22.8. The normalized spacial score (nSPS) is 10.9. The first kappa shape index (κ1) is 21.3. The van der Waals surface area contributed by atoms with E-state index >= 15 is 0 Å². The Labute approximate surface area is 188 Å². The molecule has 2 heterocycles. The summed E-state index contributed by atoms with van der Waals surface area (Å²) in [5.41, 5.74) is 14.1. The summed E-state index contributed by atoms with van der Waals surface area (Å²) < 4.78 is 1.36. The number of hydrogen-bond donors (Lipinski definition) is 3. The quantitative estimate of drug-likeness (QED) is 0.397. The fourth-order valence-corrected chi connectivity index (χ4v) is 3.54. The van der Waals surface area contributed by atoms with Crippen LogP contribution in [0.15, 0.2) is 53.5 Å². The Bertz CT molecular complexity index is 1380. The molecular weight excluding hydrogens is 430 g/mol. The molecule has 5 N–H and O–H groups in total. The average Bonchev–Trinajstić information content (AvgIpc) is 2.75. The minimum atomic E-state index is -0.568. The monoisotopic (exact) mass is 449 g/mol. The van der Waals surface area contributed by atoms with E-state index in [1.165, 1.54) is 10.8 Å². The van der Waals surface area contributed by atoms with Crippen molar-refractivity contribution >= 4 is 45.9 Å². The Balaban J connectivity index is 1.60. The predicted octanol–water partition coefficient (Wildman–Crippen LogP) is 2.87. The molecule has 0 saturated carbocycles. The Morgan fingerprint density at radius 2 is 1.88 bits per heavy atom. The van der Waals surface area contributed by atoms with Gasteiger partial charge in [0.15, 0.2) is 5.65 Å². The van der Waals surface area contributed by atoms with Crippen molar-refractivity contribution in [3.05, 3.63) is 75.4 Å². The van der Waals surface area contributed by atoms with Crippen LogP contribution in [0.1, 0.15) is 17.7 Å². The van der Waals surface area contributed by atoms with Gasteiger partial charge in [-0.1, -0.05) is 23.7 Å². The van der Waals surface area contributed by atoms with Crippen LogP contribution in [0.5, 0.6) is 0 Å². The second-order valence-electron chi connectivity index (χ2n) is 7.24. The van der Waals surface area contributed by atoms with Crippen LogP contribution in [0.25, 0.3) is 16.7 Å². The molecule has 0 aliphatic heterocycles. The van der Waals surface area contributed by atoms with Crippen LogP contribution in [0.4, 0.5) is 17.3 Å². The molecule has 0 aliphatic carbocycles. The van der Waals surface area contributed by atoms with Crippen molar-refractivity contribution in [2.75, 3.05) is 16.8 Å². The number of fused-ring (bicyclic) bond motifs is 1. The van der Waals surface area contributed by atoms with E-state index in [2.05, 4.69) is 20.3 Å². The lowest BCUT2D eigenvalue weighted by molar-refractivity contribution is -0.116. The third-order valence-electron chi connectivity index (χ3n) is 5.00. The molecule has 32 heavy (non-hydrogen) atoms. The number of carbonyl (C=O) groups is 1. The second kappa shape index (κ2) is 8.64. The number of nitrogen functional groups attached to an aromatic ring is 2. The fraction of sp³-hybridized carbons (Fsp3) is 0.136. The zero-order valence-corrected chi connectivity index (χ0v) is 17.9. The van der Waals surface area contributed by atoms with Crippen molar-refractivity contribution in [2.45, 2.75) is 19.8 Å². The number of benzene rings is 2. The van der Waals surface area contributed by atoms with Gasteiger partial charge < -0.3 is 16.8 Å². The SMILES string of the molecule is Cc1c2cnc(N)nc2nc(=O)n1-c1cc(NC(=O)CCc2ccc(N)cc2)ccc1Cl. The number of rotatable bonds is 5. The van der Waals surface area contributed by atoms with Gasteiger partial charge in [0.1, 0.15) is 0 Å². The van der Waals surface area contributed by atoms with Crippen LogP contribution < -0.4 is 22.5 Å².